The van der Waals surface area contributed by atoms with Gasteiger partial charge < -0.3 is 30.2 Å². The fourth-order valence-corrected chi connectivity index (χ4v) is 0.956. The second-order valence-corrected chi connectivity index (χ2v) is 3.74. The van der Waals surface area contributed by atoms with Gasteiger partial charge in [-0.2, -0.15) is 0 Å². The van der Waals surface area contributed by atoms with E-state index in [2.05, 4.69) is 16.0 Å². The van der Waals surface area contributed by atoms with Crippen molar-refractivity contribution in [2.75, 3.05) is 34.4 Å². The van der Waals surface area contributed by atoms with Crippen molar-refractivity contribution in [3.63, 3.8) is 0 Å². The second kappa shape index (κ2) is 8.01. The zero-order valence-electron chi connectivity index (χ0n) is 11.4. The van der Waals surface area contributed by atoms with Crippen LogP contribution in [0.5, 0.6) is 0 Å². The van der Waals surface area contributed by atoms with E-state index >= 15 is 0 Å². The number of hydrogen-bond donors (Lipinski definition) is 3. The van der Waals surface area contributed by atoms with E-state index in [-0.39, 0.29) is 13.2 Å². The van der Waals surface area contributed by atoms with Crippen molar-refractivity contribution in [3.05, 3.63) is 0 Å². The summed E-state index contributed by atoms with van der Waals surface area (Å²) in [5, 5.41) is 6.74. The largest absolute Gasteiger partial charge is 0.445 e. The van der Waals surface area contributed by atoms with E-state index in [0.717, 1.165) is 0 Å². The molecule has 0 aliphatic carbocycles. The van der Waals surface area contributed by atoms with Gasteiger partial charge in [0.05, 0.1) is 0 Å². The third-order valence-corrected chi connectivity index (χ3v) is 1.97. The molecule has 19 heavy (non-hydrogen) atoms. The molecule has 0 heterocycles. The van der Waals surface area contributed by atoms with E-state index in [4.69, 9.17) is 14.2 Å². The fraction of sp³-hybridized carbons (Fsp3) is 0.700. The van der Waals surface area contributed by atoms with Gasteiger partial charge in [0.15, 0.2) is 5.60 Å². The van der Waals surface area contributed by atoms with Crippen LogP contribution < -0.4 is 16.0 Å². The van der Waals surface area contributed by atoms with Gasteiger partial charge in [0, 0.05) is 21.1 Å². The third-order valence-electron chi connectivity index (χ3n) is 1.97. The lowest BCUT2D eigenvalue weighted by molar-refractivity contribution is -0.0574. The van der Waals surface area contributed by atoms with Gasteiger partial charge in [-0.3, -0.25) is 0 Å². The van der Waals surface area contributed by atoms with Crippen molar-refractivity contribution in [2.24, 2.45) is 0 Å². The Morgan fingerprint density at radius 2 is 1.21 bits per heavy atom. The number of alkyl carbamates (subject to hydrolysis) is 3. The zero-order valence-corrected chi connectivity index (χ0v) is 11.4. The summed E-state index contributed by atoms with van der Waals surface area (Å²) in [6, 6.07) is 0. The molecule has 0 aliphatic heterocycles. The summed E-state index contributed by atoms with van der Waals surface area (Å²) in [5.74, 6) is 0. The molecule has 0 spiro atoms. The Kier molecular flexibility index (Phi) is 7.08. The summed E-state index contributed by atoms with van der Waals surface area (Å²) in [5.41, 5.74) is -1.29. The first-order chi connectivity index (χ1) is 8.86. The molecule has 0 bridgehead atoms. The van der Waals surface area contributed by atoms with Gasteiger partial charge in [-0.1, -0.05) is 0 Å². The van der Waals surface area contributed by atoms with Crippen LogP contribution in [0, 0.1) is 0 Å². The van der Waals surface area contributed by atoms with Crippen molar-refractivity contribution in [1.82, 2.24) is 16.0 Å². The Morgan fingerprint density at radius 1 is 0.842 bits per heavy atom. The molecule has 0 unspecified atom stereocenters. The van der Waals surface area contributed by atoms with E-state index in [0.29, 0.717) is 0 Å². The molecule has 0 fully saturated rings. The first-order valence-electron chi connectivity index (χ1n) is 5.46. The number of nitrogens with one attached hydrogen (secondary N) is 3. The summed E-state index contributed by atoms with van der Waals surface area (Å²) in [7, 11) is 4.16. The van der Waals surface area contributed by atoms with Gasteiger partial charge in [0.2, 0.25) is 0 Å². The number of hydrogen-bond acceptors (Lipinski definition) is 6. The molecule has 3 amide bonds. The lowest BCUT2D eigenvalue weighted by Crippen LogP contribution is -2.45. The van der Waals surface area contributed by atoms with Gasteiger partial charge in [0.25, 0.3) is 0 Å². The molecular formula is C10H19N3O6. The van der Waals surface area contributed by atoms with Crippen molar-refractivity contribution in [3.8, 4) is 0 Å². The first-order valence-corrected chi connectivity index (χ1v) is 5.46. The molecule has 110 valence electrons. The highest BCUT2D eigenvalue weighted by Crippen LogP contribution is 2.12. The molecule has 0 aromatic carbocycles. The Bertz CT molecular complexity index is 313. The minimum atomic E-state index is -1.29. The minimum absolute atomic E-state index is 0.267. The maximum absolute atomic E-state index is 11.2. The molecule has 0 aromatic heterocycles. The number of carbonyl (C=O) groups is 3. The monoisotopic (exact) mass is 277 g/mol. The van der Waals surface area contributed by atoms with Crippen LogP contribution in [0.3, 0.4) is 0 Å². The predicted molar refractivity (Wildman–Crippen MR) is 64.8 cm³/mol. The molecule has 9 heteroatoms. The van der Waals surface area contributed by atoms with Gasteiger partial charge in [-0.25, -0.2) is 14.4 Å². The average molecular weight is 277 g/mol. The lowest BCUT2D eigenvalue weighted by atomic mass is 10.1. The predicted octanol–water partition coefficient (Wildman–Crippen LogP) is -0.187. The van der Waals surface area contributed by atoms with Crippen LogP contribution in [0.25, 0.3) is 0 Å². The van der Waals surface area contributed by atoms with E-state index in [1.54, 1.807) is 0 Å². The highest BCUT2D eigenvalue weighted by Gasteiger charge is 2.32. The Labute approximate surface area is 110 Å². The summed E-state index contributed by atoms with van der Waals surface area (Å²) in [4.78, 5) is 33.2. The number of rotatable bonds is 5. The molecule has 9 nitrogen and oxygen atoms in total. The van der Waals surface area contributed by atoms with E-state index in [1.807, 2.05) is 0 Å². The van der Waals surface area contributed by atoms with Crippen LogP contribution >= 0.6 is 0 Å². The van der Waals surface area contributed by atoms with Crippen LogP contribution in [0.15, 0.2) is 0 Å². The highest BCUT2D eigenvalue weighted by molar-refractivity contribution is 5.68. The molecule has 0 aromatic rings. The van der Waals surface area contributed by atoms with E-state index in [1.165, 1.54) is 28.1 Å². The Morgan fingerprint density at radius 3 is 1.53 bits per heavy atom. The highest BCUT2D eigenvalue weighted by atomic mass is 16.6. The van der Waals surface area contributed by atoms with Crippen LogP contribution in [0.1, 0.15) is 6.92 Å². The van der Waals surface area contributed by atoms with Gasteiger partial charge in [-0.05, 0) is 6.92 Å². The smallest absolute Gasteiger partial charge is 0.407 e. The number of carbonyl (C=O) groups excluding carboxylic acids is 3. The number of ether oxygens (including phenoxy) is 3. The maximum atomic E-state index is 11.2. The normalized spacial score (nSPS) is 10.1. The Hall–Kier alpha value is -2.19. The molecule has 0 atom stereocenters. The van der Waals surface area contributed by atoms with Crippen molar-refractivity contribution in [2.45, 2.75) is 12.5 Å². The third kappa shape index (κ3) is 6.96. The lowest BCUT2D eigenvalue weighted by Gasteiger charge is -2.28. The average Bonchev–Trinajstić information content (AvgIpc) is 2.42. The topological polar surface area (TPSA) is 115 Å². The quantitative estimate of drug-likeness (QED) is 0.600. The van der Waals surface area contributed by atoms with Crippen molar-refractivity contribution < 1.29 is 28.6 Å². The van der Waals surface area contributed by atoms with Gasteiger partial charge in [-0.15, -0.1) is 0 Å². The van der Waals surface area contributed by atoms with Crippen LogP contribution in [-0.4, -0.2) is 58.2 Å². The molecule has 0 rings (SSSR count). The Balaban J connectivity index is 4.56. The molecule has 0 aliphatic rings. The van der Waals surface area contributed by atoms with Crippen LogP contribution in [0.4, 0.5) is 14.4 Å². The molecule has 3 N–H and O–H groups in total. The zero-order chi connectivity index (χ0) is 14.9. The molecular weight excluding hydrogens is 258 g/mol. The second-order valence-electron chi connectivity index (χ2n) is 3.74. The summed E-state index contributed by atoms with van der Waals surface area (Å²) in [6.45, 7) is 0.933. The minimum Gasteiger partial charge on any atom is -0.445 e. The van der Waals surface area contributed by atoms with Crippen LogP contribution in [-0.2, 0) is 14.2 Å². The van der Waals surface area contributed by atoms with Gasteiger partial charge >= 0.3 is 18.3 Å². The van der Waals surface area contributed by atoms with E-state index < -0.39 is 23.9 Å². The first kappa shape index (κ1) is 16.8. The van der Waals surface area contributed by atoms with Crippen molar-refractivity contribution >= 4 is 18.3 Å². The van der Waals surface area contributed by atoms with Crippen LogP contribution in [0.2, 0.25) is 0 Å². The maximum Gasteiger partial charge on any atom is 0.407 e. The molecule has 0 radical (unpaired) electrons. The standard InChI is InChI=1S/C10H19N3O6/c1-10(19-9(16)13-4,5-17-7(14)11-2)6-18-8(15)12-3/h5-6H2,1-4H3,(H,11,14)(H,12,15)(H,13,16). The molecule has 0 saturated heterocycles. The van der Waals surface area contributed by atoms with Crippen molar-refractivity contribution in [1.29, 1.82) is 0 Å². The molecule has 0 saturated carbocycles. The fourth-order valence-electron chi connectivity index (χ4n) is 0.956. The number of amides is 3. The van der Waals surface area contributed by atoms with E-state index in [9.17, 15) is 14.4 Å². The summed E-state index contributed by atoms with van der Waals surface area (Å²) in [6.07, 6.45) is -2.11. The summed E-state index contributed by atoms with van der Waals surface area (Å²) >= 11 is 0. The summed E-state index contributed by atoms with van der Waals surface area (Å²) < 4.78 is 14.6. The SMILES string of the molecule is CNC(=O)OCC(C)(COC(=O)NC)OC(=O)NC. The van der Waals surface area contributed by atoms with Gasteiger partial charge in [0.1, 0.15) is 13.2 Å².